The standard InChI is InChI=1S/C14H21N3OS.ClH/c15-13-4-3-10-7-17(8-12(10)13)9-14(18)16-6-11-2-1-5-19-11;/h1-2,5,10,12-13H,3-4,6-9,15H2,(H,16,18);1H. The zero-order valence-corrected chi connectivity index (χ0v) is 13.1. The van der Waals surface area contributed by atoms with Crippen LogP contribution in [0.2, 0.25) is 0 Å². The molecule has 3 rings (SSSR count). The van der Waals surface area contributed by atoms with Gasteiger partial charge in [0.15, 0.2) is 0 Å². The van der Waals surface area contributed by atoms with Gasteiger partial charge in [-0.1, -0.05) is 6.07 Å². The molecule has 4 nitrogen and oxygen atoms in total. The van der Waals surface area contributed by atoms with Gasteiger partial charge in [-0.3, -0.25) is 9.69 Å². The Morgan fingerprint density at radius 2 is 2.30 bits per heavy atom. The van der Waals surface area contributed by atoms with E-state index >= 15 is 0 Å². The summed E-state index contributed by atoms with van der Waals surface area (Å²) in [4.78, 5) is 15.4. The van der Waals surface area contributed by atoms with Crippen molar-refractivity contribution in [2.45, 2.75) is 25.4 Å². The quantitative estimate of drug-likeness (QED) is 0.884. The van der Waals surface area contributed by atoms with Crippen LogP contribution >= 0.6 is 23.7 Å². The van der Waals surface area contributed by atoms with Crippen molar-refractivity contribution in [3.05, 3.63) is 22.4 Å². The number of carbonyl (C=O) groups is 1. The zero-order valence-electron chi connectivity index (χ0n) is 11.5. The average molecular weight is 316 g/mol. The van der Waals surface area contributed by atoms with E-state index in [-0.39, 0.29) is 18.3 Å². The molecular formula is C14H22ClN3OS. The van der Waals surface area contributed by atoms with Crippen molar-refractivity contribution in [3.8, 4) is 0 Å². The molecule has 1 saturated heterocycles. The molecule has 1 aromatic heterocycles. The molecule has 2 fully saturated rings. The third-order valence-corrected chi connectivity index (χ3v) is 5.27. The number of hydrogen-bond donors (Lipinski definition) is 2. The summed E-state index contributed by atoms with van der Waals surface area (Å²) >= 11 is 1.68. The van der Waals surface area contributed by atoms with Crippen LogP contribution in [0.25, 0.3) is 0 Å². The summed E-state index contributed by atoms with van der Waals surface area (Å²) in [5.41, 5.74) is 6.11. The zero-order chi connectivity index (χ0) is 13.2. The highest BCUT2D eigenvalue weighted by Gasteiger charge is 2.41. The van der Waals surface area contributed by atoms with E-state index in [4.69, 9.17) is 5.73 Å². The second kappa shape index (κ2) is 6.89. The van der Waals surface area contributed by atoms with Crippen LogP contribution in [0.5, 0.6) is 0 Å². The summed E-state index contributed by atoms with van der Waals surface area (Å²) < 4.78 is 0. The van der Waals surface area contributed by atoms with Crippen molar-refractivity contribution >= 4 is 29.7 Å². The van der Waals surface area contributed by atoms with E-state index in [2.05, 4.69) is 10.2 Å². The first-order valence-corrected chi connectivity index (χ1v) is 7.87. The molecule has 3 N–H and O–H groups in total. The number of nitrogens with one attached hydrogen (secondary N) is 1. The lowest BCUT2D eigenvalue weighted by Crippen LogP contribution is -2.37. The summed E-state index contributed by atoms with van der Waals surface area (Å²) in [6, 6.07) is 4.41. The van der Waals surface area contributed by atoms with Crippen LogP contribution in [0.1, 0.15) is 17.7 Å². The third-order valence-electron chi connectivity index (χ3n) is 4.40. The lowest BCUT2D eigenvalue weighted by molar-refractivity contribution is -0.122. The molecule has 2 aliphatic rings. The van der Waals surface area contributed by atoms with Gasteiger partial charge in [0.2, 0.25) is 5.91 Å². The van der Waals surface area contributed by atoms with Crippen molar-refractivity contribution in [1.82, 2.24) is 10.2 Å². The van der Waals surface area contributed by atoms with Gasteiger partial charge in [-0.15, -0.1) is 23.7 Å². The van der Waals surface area contributed by atoms with E-state index < -0.39 is 0 Å². The smallest absolute Gasteiger partial charge is 0.234 e. The van der Waals surface area contributed by atoms with Gasteiger partial charge in [0.05, 0.1) is 13.1 Å². The number of hydrogen-bond acceptors (Lipinski definition) is 4. The molecule has 112 valence electrons. The molecule has 6 heteroatoms. The Balaban J connectivity index is 0.00000147. The highest BCUT2D eigenvalue weighted by atomic mass is 35.5. The Bertz CT molecular complexity index is 440. The van der Waals surface area contributed by atoms with E-state index in [0.717, 1.165) is 25.4 Å². The van der Waals surface area contributed by atoms with Crippen LogP contribution < -0.4 is 11.1 Å². The molecule has 0 bridgehead atoms. The predicted octanol–water partition coefficient (Wildman–Crippen LogP) is 1.46. The van der Waals surface area contributed by atoms with Crippen molar-refractivity contribution < 1.29 is 4.79 Å². The summed E-state index contributed by atoms with van der Waals surface area (Å²) in [5.74, 6) is 1.46. The van der Waals surface area contributed by atoms with Gasteiger partial charge < -0.3 is 11.1 Å². The number of amides is 1. The first-order chi connectivity index (χ1) is 9.22. The van der Waals surface area contributed by atoms with Crippen LogP contribution in [0.15, 0.2) is 17.5 Å². The fraction of sp³-hybridized carbons (Fsp3) is 0.643. The number of fused-ring (bicyclic) bond motifs is 1. The molecule has 3 atom stereocenters. The fourth-order valence-electron chi connectivity index (χ4n) is 3.39. The Morgan fingerprint density at radius 1 is 1.45 bits per heavy atom. The Labute approximate surface area is 130 Å². The molecule has 1 aromatic rings. The molecule has 20 heavy (non-hydrogen) atoms. The lowest BCUT2D eigenvalue weighted by Gasteiger charge is -2.17. The predicted molar refractivity (Wildman–Crippen MR) is 84.0 cm³/mol. The van der Waals surface area contributed by atoms with Crippen molar-refractivity contribution in [3.63, 3.8) is 0 Å². The maximum atomic E-state index is 11.9. The Kier molecular flexibility index (Phi) is 5.43. The van der Waals surface area contributed by atoms with E-state index in [1.165, 1.54) is 11.3 Å². The van der Waals surface area contributed by atoms with E-state index in [9.17, 15) is 4.79 Å². The van der Waals surface area contributed by atoms with E-state index in [0.29, 0.717) is 25.0 Å². The van der Waals surface area contributed by atoms with Crippen LogP contribution in [0.3, 0.4) is 0 Å². The summed E-state index contributed by atoms with van der Waals surface area (Å²) in [6.07, 6.45) is 2.40. The number of nitrogens with zero attached hydrogens (tertiary/aromatic N) is 1. The highest BCUT2D eigenvalue weighted by molar-refractivity contribution is 7.09. The average Bonchev–Trinajstić information content (AvgIpc) is 3.07. The van der Waals surface area contributed by atoms with Gasteiger partial charge in [-0.25, -0.2) is 0 Å². The number of carbonyl (C=O) groups excluding carboxylic acids is 1. The van der Waals surface area contributed by atoms with Gasteiger partial charge in [-0.2, -0.15) is 0 Å². The molecular weight excluding hydrogens is 294 g/mol. The molecule has 0 spiro atoms. The van der Waals surface area contributed by atoms with Gasteiger partial charge in [0, 0.05) is 24.0 Å². The minimum absolute atomic E-state index is 0. The molecule has 1 amide bonds. The molecule has 0 radical (unpaired) electrons. The molecule has 1 aliphatic heterocycles. The second-order valence-electron chi connectivity index (χ2n) is 5.72. The van der Waals surface area contributed by atoms with Crippen LogP contribution in [0, 0.1) is 11.8 Å². The minimum atomic E-state index is 0. The maximum absolute atomic E-state index is 11.9. The number of thiophene rings is 1. The molecule has 0 aromatic carbocycles. The molecule has 1 saturated carbocycles. The summed E-state index contributed by atoms with van der Waals surface area (Å²) in [6.45, 7) is 3.21. The maximum Gasteiger partial charge on any atom is 0.234 e. The van der Waals surface area contributed by atoms with Crippen molar-refractivity contribution in [2.24, 2.45) is 17.6 Å². The number of rotatable bonds is 4. The van der Waals surface area contributed by atoms with Crippen molar-refractivity contribution in [1.29, 1.82) is 0 Å². The van der Waals surface area contributed by atoms with Crippen LogP contribution in [-0.2, 0) is 11.3 Å². The largest absolute Gasteiger partial charge is 0.350 e. The Hall–Kier alpha value is -0.620. The normalized spacial score (nSPS) is 28.9. The molecule has 3 unspecified atom stereocenters. The first-order valence-electron chi connectivity index (χ1n) is 6.99. The van der Waals surface area contributed by atoms with Gasteiger partial charge >= 0.3 is 0 Å². The van der Waals surface area contributed by atoms with E-state index in [1.807, 2.05) is 17.5 Å². The fourth-order valence-corrected chi connectivity index (χ4v) is 4.03. The number of likely N-dealkylation sites (tertiary alicyclic amines) is 1. The van der Waals surface area contributed by atoms with Crippen LogP contribution in [-0.4, -0.2) is 36.5 Å². The van der Waals surface area contributed by atoms with Gasteiger partial charge in [0.1, 0.15) is 0 Å². The van der Waals surface area contributed by atoms with Gasteiger partial charge in [-0.05, 0) is 36.1 Å². The summed E-state index contributed by atoms with van der Waals surface area (Å²) in [5, 5.41) is 5.02. The minimum Gasteiger partial charge on any atom is -0.350 e. The highest BCUT2D eigenvalue weighted by Crippen LogP contribution is 2.36. The topological polar surface area (TPSA) is 58.4 Å². The van der Waals surface area contributed by atoms with Crippen molar-refractivity contribution in [2.75, 3.05) is 19.6 Å². The van der Waals surface area contributed by atoms with E-state index in [1.54, 1.807) is 11.3 Å². The lowest BCUT2D eigenvalue weighted by atomic mass is 9.98. The summed E-state index contributed by atoms with van der Waals surface area (Å²) in [7, 11) is 0. The second-order valence-corrected chi connectivity index (χ2v) is 6.75. The van der Waals surface area contributed by atoms with Gasteiger partial charge in [0.25, 0.3) is 0 Å². The first kappa shape index (κ1) is 15.8. The SMILES string of the molecule is Cl.NC1CCC2CN(CC(=O)NCc3cccs3)CC12. The van der Waals surface area contributed by atoms with Crippen LogP contribution in [0.4, 0.5) is 0 Å². The Morgan fingerprint density at radius 3 is 3.00 bits per heavy atom. The molecule has 2 heterocycles. The number of nitrogens with two attached hydrogens (primary N) is 1. The number of halogens is 1. The molecule has 1 aliphatic carbocycles. The monoisotopic (exact) mass is 315 g/mol. The third kappa shape index (κ3) is 3.52.